The zero-order chi connectivity index (χ0) is 20.8. The van der Waals surface area contributed by atoms with Gasteiger partial charge in [-0.2, -0.15) is 0 Å². The third-order valence-electron chi connectivity index (χ3n) is 5.30. The molecule has 7 nitrogen and oxygen atoms in total. The number of hydrogen-bond donors (Lipinski definition) is 2. The number of hydrogen-bond acceptors (Lipinski definition) is 5. The second kappa shape index (κ2) is 9.67. The number of esters is 1. The summed E-state index contributed by atoms with van der Waals surface area (Å²) >= 11 is 0. The Labute approximate surface area is 171 Å². The maximum atomic E-state index is 13.0. The van der Waals surface area contributed by atoms with E-state index in [1.807, 2.05) is 13.0 Å². The number of methoxy groups -OCH3 is 1. The lowest BCUT2D eigenvalue weighted by Crippen LogP contribution is -2.45. The Hall–Kier alpha value is -2.70. The highest BCUT2D eigenvalue weighted by atomic mass is 16.5. The smallest absolute Gasteiger partial charge is 0.338 e. The van der Waals surface area contributed by atoms with Gasteiger partial charge in [-0.1, -0.05) is 19.4 Å². The summed E-state index contributed by atoms with van der Waals surface area (Å²) in [5.41, 5.74) is 1.65. The van der Waals surface area contributed by atoms with E-state index >= 15 is 0 Å². The Kier molecular flexibility index (Phi) is 7.01. The first kappa shape index (κ1) is 21.0. The zero-order valence-corrected chi connectivity index (χ0v) is 17.4. The number of rotatable bonds is 7. The summed E-state index contributed by atoms with van der Waals surface area (Å²) in [7, 11) is 1.57. The minimum atomic E-state index is -0.617. The Morgan fingerprint density at radius 2 is 1.93 bits per heavy atom. The largest absolute Gasteiger partial charge is 0.493 e. The Morgan fingerprint density at radius 3 is 2.62 bits per heavy atom. The van der Waals surface area contributed by atoms with Crippen LogP contribution in [0.15, 0.2) is 29.5 Å². The highest BCUT2D eigenvalue weighted by molar-refractivity contribution is 5.95. The maximum absolute atomic E-state index is 13.0. The number of urea groups is 1. The summed E-state index contributed by atoms with van der Waals surface area (Å²) in [6.45, 7) is 4.33. The van der Waals surface area contributed by atoms with Crippen LogP contribution < -0.4 is 20.1 Å². The van der Waals surface area contributed by atoms with Crippen molar-refractivity contribution in [2.24, 2.45) is 0 Å². The van der Waals surface area contributed by atoms with E-state index in [2.05, 4.69) is 10.6 Å². The quantitative estimate of drug-likeness (QED) is 0.674. The van der Waals surface area contributed by atoms with Crippen molar-refractivity contribution in [1.29, 1.82) is 0 Å². The topological polar surface area (TPSA) is 85.9 Å². The van der Waals surface area contributed by atoms with E-state index in [4.69, 9.17) is 14.2 Å². The number of carbonyl (C=O) groups excluding carboxylic acids is 2. The summed E-state index contributed by atoms with van der Waals surface area (Å²) in [4.78, 5) is 25.1. The van der Waals surface area contributed by atoms with Crippen molar-refractivity contribution < 1.29 is 23.8 Å². The standard InChI is InChI=1S/C22H30N2O5/c1-4-12-28-17-11-10-15(13-18(17)27-3)20-19(14(2)23-22(26)24-20)21(25)29-16-8-6-5-7-9-16/h10-11,13,16,20H,4-9,12H2,1-3H3,(H2,23,24,26). The summed E-state index contributed by atoms with van der Waals surface area (Å²) < 4.78 is 16.9. The monoisotopic (exact) mass is 402 g/mol. The second-order valence-electron chi connectivity index (χ2n) is 7.49. The van der Waals surface area contributed by atoms with Crippen LogP contribution in [0, 0.1) is 0 Å². The fourth-order valence-electron chi connectivity index (χ4n) is 3.81. The number of ether oxygens (including phenoxy) is 3. The predicted molar refractivity (Wildman–Crippen MR) is 109 cm³/mol. The lowest BCUT2D eigenvalue weighted by molar-refractivity contribution is -0.146. The van der Waals surface area contributed by atoms with E-state index in [1.54, 1.807) is 26.2 Å². The molecule has 2 aliphatic rings. The van der Waals surface area contributed by atoms with Crippen molar-refractivity contribution >= 4 is 12.0 Å². The van der Waals surface area contributed by atoms with Gasteiger partial charge in [0.15, 0.2) is 11.5 Å². The molecule has 29 heavy (non-hydrogen) atoms. The Bertz CT molecular complexity index is 783. The van der Waals surface area contributed by atoms with Gasteiger partial charge in [0, 0.05) is 5.70 Å². The number of allylic oxidation sites excluding steroid dienone is 1. The molecule has 1 aromatic rings. The van der Waals surface area contributed by atoms with E-state index < -0.39 is 12.0 Å². The minimum Gasteiger partial charge on any atom is -0.493 e. The maximum Gasteiger partial charge on any atom is 0.338 e. The molecule has 1 aliphatic heterocycles. The molecule has 158 valence electrons. The minimum absolute atomic E-state index is 0.0609. The molecular weight excluding hydrogens is 372 g/mol. The van der Waals surface area contributed by atoms with Gasteiger partial charge in [0.25, 0.3) is 0 Å². The molecule has 1 atom stereocenters. The van der Waals surface area contributed by atoms with Gasteiger partial charge in [-0.3, -0.25) is 0 Å². The van der Waals surface area contributed by atoms with Crippen molar-refractivity contribution in [3.8, 4) is 11.5 Å². The first-order chi connectivity index (χ1) is 14.0. The number of benzene rings is 1. The fraction of sp³-hybridized carbons (Fsp3) is 0.545. The van der Waals surface area contributed by atoms with E-state index in [0.717, 1.165) is 37.7 Å². The van der Waals surface area contributed by atoms with Crippen LogP contribution in [0.4, 0.5) is 4.79 Å². The highest BCUT2D eigenvalue weighted by Crippen LogP contribution is 2.35. The number of amides is 2. The van der Waals surface area contributed by atoms with Gasteiger partial charge in [0.1, 0.15) is 6.10 Å². The van der Waals surface area contributed by atoms with Gasteiger partial charge in [-0.05, 0) is 56.7 Å². The van der Waals surface area contributed by atoms with E-state index in [0.29, 0.717) is 29.4 Å². The summed E-state index contributed by atoms with van der Waals surface area (Å²) in [5, 5.41) is 5.53. The molecule has 1 fully saturated rings. The SMILES string of the molecule is CCCOc1ccc(C2NC(=O)NC(C)=C2C(=O)OC2CCCCC2)cc1OC. The van der Waals surface area contributed by atoms with Crippen LogP contribution >= 0.6 is 0 Å². The number of nitrogens with one attached hydrogen (secondary N) is 2. The van der Waals surface area contributed by atoms with Crippen LogP contribution in [0.5, 0.6) is 11.5 Å². The van der Waals surface area contributed by atoms with Gasteiger partial charge in [0.2, 0.25) is 0 Å². The molecule has 1 unspecified atom stereocenters. The second-order valence-corrected chi connectivity index (χ2v) is 7.49. The first-order valence-corrected chi connectivity index (χ1v) is 10.3. The molecular formula is C22H30N2O5. The molecule has 2 amide bonds. The normalized spacial score (nSPS) is 20.0. The summed E-state index contributed by atoms with van der Waals surface area (Å²) in [6.07, 6.45) is 5.93. The average Bonchev–Trinajstić information content (AvgIpc) is 2.72. The lowest BCUT2D eigenvalue weighted by atomic mass is 9.94. The Balaban J connectivity index is 1.87. The van der Waals surface area contributed by atoms with Crippen LogP contribution in [0.1, 0.15) is 64.0 Å². The number of carbonyl (C=O) groups is 2. The van der Waals surface area contributed by atoms with Crippen LogP contribution in [-0.2, 0) is 9.53 Å². The molecule has 0 saturated heterocycles. The Morgan fingerprint density at radius 1 is 1.17 bits per heavy atom. The molecule has 3 rings (SSSR count). The molecule has 1 aromatic carbocycles. The van der Waals surface area contributed by atoms with Crippen molar-refractivity contribution in [2.45, 2.75) is 64.5 Å². The molecule has 0 bridgehead atoms. The highest BCUT2D eigenvalue weighted by Gasteiger charge is 2.34. The van der Waals surface area contributed by atoms with Gasteiger partial charge in [0.05, 0.1) is 25.3 Å². The molecule has 2 N–H and O–H groups in total. The molecule has 7 heteroatoms. The van der Waals surface area contributed by atoms with Crippen LogP contribution in [0.3, 0.4) is 0 Å². The van der Waals surface area contributed by atoms with Crippen molar-refractivity contribution in [3.05, 3.63) is 35.0 Å². The van der Waals surface area contributed by atoms with Crippen LogP contribution in [0.2, 0.25) is 0 Å². The average molecular weight is 402 g/mol. The van der Waals surface area contributed by atoms with Crippen LogP contribution in [-0.4, -0.2) is 31.8 Å². The molecule has 0 aromatic heterocycles. The van der Waals surface area contributed by atoms with E-state index in [-0.39, 0.29) is 12.1 Å². The van der Waals surface area contributed by atoms with Gasteiger partial charge in [-0.25, -0.2) is 9.59 Å². The van der Waals surface area contributed by atoms with Gasteiger partial charge < -0.3 is 24.8 Å². The first-order valence-electron chi connectivity index (χ1n) is 10.3. The predicted octanol–water partition coefficient (Wildman–Crippen LogP) is 3.99. The van der Waals surface area contributed by atoms with Crippen molar-refractivity contribution in [1.82, 2.24) is 10.6 Å². The summed E-state index contributed by atoms with van der Waals surface area (Å²) in [5.74, 6) is 0.795. The van der Waals surface area contributed by atoms with Crippen molar-refractivity contribution in [3.63, 3.8) is 0 Å². The zero-order valence-electron chi connectivity index (χ0n) is 17.4. The molecule has 0 radical (unpaired) electrons. The van der Waals surface area contributed by atoms with Crippen LogP contribution in [0.25, 0.3) is 0 Å². The molecule has 1 saturated carbocycles. The third kappa shape index (κ3) is 5.02. The summed E-state index contributed by atoms with van der Waals surface area (Å²) in [6, 6.07) is 4.46. The fourth-order valence-corrected chi connectivity index (χ4v) is 3.81. The van der Waals surface area contributed by atoms with E-state index in [1.165, 1.54) is 6.42 Å². The molecule has 0 spiro atoms. The van der Waals surface area contributed by atoms with Crippen molar-refractivity contribution in [2.75, 3.05) is 13.7 Å². The van der Waals surface area contributed by atoms with Gasteiger partial charge in [-0.15, -0.1) is 0 Å². The third-order valence-corrected chi connectivity index (χ3v) is 5.30. The molecule has 1 heterocycles. The van der Waals surface area contributed by atoms with E-state index in [9.17, 15) is 9.59 Å². The van der Waals surface area contributed by atoms with Gasteiger partial charge >= 0.3 is 12.0 Å². The molecule has 1 aliphatic carbocycles. The lowest BCUT2D eigenvalue weighted by Gasteiger charge is -2.30.